The van der Waals surface area contributed by atoms with Crippen molar-refractivity contribution in [2.24, 2.45) is 0 Å². The van der Waals surface area contributed by atoms with Crippen LogP contribution in [0.15, 0.2) is 47.8 Å². The number of imidazole rings is 1. The van der Waals surface area contributed by atoms with Gasteiger partial charge in [-0.1, -0.05) is 11.8 Å². The number of ether oxygens (including phenoxy) is 4. The predicted molar refractivity (Wildman–Crippen MR) is 121 cm³/mol. The quantitative estimate of drug-likeness (QED) is 0.560. The number of hydrogen-bond donors (Lipinski definition) is 1. The lowest BCUT2D eigenvalue weighted by Crippen LogP contribution is -2.23. The second-order valence-corrected chi connectivity index (χ2v) is 8.65. The molecule has 0 bridgehead atoms. The maximum atomic E-state index is 12.8. The van der Waals surface area contributed by atoms with E-state index in [1.165, 1.54) is 11.8 Å². The highest BCUT2D eigenvalue weighted by molar-refractivity contribution is 8.00. The number of nitrogens with zero attached hydrogens (tertiary/aromatic N) is 2. The number of thioether (sulfide) groups is 1. The molecule has 5 rings (SSSR count). The minimum absolute atomic E-state index is 0.111. The Labute approximate surface area is 189 Å². The maximum absolute atomic E-state index is 12.8. The van der Waals surface area contributed by atoms with Crippen LogP contribution in [0, 0.1) is 0 Å². The van der Waals surface area contributed by atoms with Gasteiger partial charge in [0.05, 0.1) is 17.1 Å². The summed E-state index contributed by atoms with van der Waals surface area (Å²) >= 11 is 1.42. The normalized spacial score (nSPS) is 14.8. The van der Waals surface area contributed by atoms with Gasteiger partial charge in [-0.15, -0.1) is 0 Å². The van der Waals surface area contributed by atoms with Crippen LogP contribution >= 0.6 is 11.8 Å². The fourth-order valence-electron chi connectivity index (χ4n) is 3.62. The summed E-state index contributed by atoms with van der Waals surface area (Å²) in [6.45, 7) is 5.95. The number of carbonyl (C=O) groups excluding carboxylic acids is 1. The molecule has 166 valence electrons. The van der Waals surface area contributed by atoms with E-state index < -0.39 is 0 Å². The van der Waals surface area contributed by atoms with Gasteiger partial charge in [0.25, 0.3) is 0 Å². The second kappa shape index (κ2) is 8.66. The Hall–Kier alpha value is -3.33. The van der Waals surface area contributed by atoms with Crippen molar-refractivity contribution in [3.8, 4) is 34.3 Å². The first-order chi connectivity index (χ1) is 15.6. The van der Waals surface area contributed by atoms with Gasteiger partial charge < -0.3 is 28.8 Å². The zero-order chi connectivity index (χ0) is 22.1. The van der Waals surface area contributed by atoms with Crippen LogP contribution in [-0.2, 0) is 11.3 Å². The predicted octanol–water partition coefficient (Wildman–Crippen LogP) is 4.19. The zero-order valence-corrected chi connectivity index (χ0v) is 18.6. The highest BCUT2D eigenvalue weighted by atomic mass is 32.2. The molecule has 0 aliphatic carbocycles. The molecule has 0 saturated carbocycles. The molecule has 0 saturated heterocycles. The molecule has 8 nitrogen and oxygen atoms in total. The molecule has 2 aliphatic rings. The summed E-state index contributed by atoms with van der Waals surface area (Å²) in [5.74, 6) is 2.70. The van der Waals surface area contributed by atoms with Crippen molar-refractivity contribution in [2.45, 2.75) is 30.8 Å². The van der Waals surface area contributed by atoms with Crippen molar-refractivity contribution in [1.29, 1.82) is 0 Å². The zero-order valence-electron chi connectivity index (χ0n) is 17.8. The number of nitrogens with one attached hydrogen (secondary N) is 1. The van der Waals surface area contributed by atoms with Crippen molar-refractivity contribution in [1.82, 2.24) is 9.55 Å². The maximum Gasteiger partial charge on any atom is 0.237 e. The topological polar surface area (TPSA) is 83.8 Å². The van der Waals surface area contributed by atoms with Crippen LogP contribution in [0.1, 0.15) is 13.8 Å². The van der Waals surface area contributed by atoms with Crippen molar-refractivity contribution >= 4 is 23.4 Å². The van der Waals surface area contributed by atoms with E-state index in [2.05, 4.69) is 21.8 Å². The van der Waals surface area contributed by atoms with Crippen LogP contribution in [0.5, 0.6) is 23.0 Å². The lowest BCUT2D eigenvalue weighted by Gasteiger charge is -2.19. The SMILES string of the molecule is CCn1c(-c2ccc3c(c2)OCCO3)cnc1S[C@H](C)C(=O)Nc1ccc2c(c1)OCO2. The number of aromatic nitrogens is 2. The van der Waals surface area contributed by atoms with Gasteiger partial charge in [-0.2, -0.15) is 0 Å². The fourth-order valence-corrected chi connectivity index (χ4v) is 4.57. The average molecular weight is 454 g/mol. The molecule has 0 radical (unpaired) electrons. The number of hydrogen-bond acceptors (Lipinski definition) is 7. The first-order valence-corrected chi connectivity index (χ1v) is 11.3. The molecule has 0 spiro atoms. The van der Waals surface area contributed by atoms with Crippen molar-refractivity contribution < 1.29 is 23.7 Å². The van der Waals surface area contributed by atoms with E-state index in [-0.39, 0.29) is 18.0 Å². The molecule has 0 unspecified atom stereocenters. The molecule has 3 heterocycles. The van der Waals surface area contributed by atoms with Crippen LogP contribution < -0.4 is 24.3 Å². The van der Waals surface area contributed by atoms with Gasteiger partial charge in [0.1, 0.15) is 13.2 Å². The highest BCUT2D eigenvalue weighted by Gasteiger charge is 2.21. The van der Waals surface area contributed by atoms with Gasteiger partial charge in [0, 0.05) is 23.9 Å². The summed E-state index contributed by atoms with van der Waals surface area (Å²) < 4.78 is 24.1. The minimum atomic E-state index is -0.346. The van der Waals surface area contributed by atoms with Gasteiger partial charge >= 0.3 is 0 Å². The van der Waals surface area contributed by atoms with Crippen molar-refractivity contribution in [3.05, 3.63) is 42.6 Å². The first-order valence-electron chi connectivity index (χ1n) is 10.4. The number of amides is 1. The molecule has 0 fully saturated rings. The number of fused-ring (bicyclic) bond motifs is 2. The lowest BCUT2D eigenvalue weighted by molar-refractivity contribution is -0.115. The monoisotopic (exact) mass is 453 g/mol. The molecule has 2 aliphatic heterocycles. The lowest BCUT2D eigenvalue weighted by atomic mass is 10.1. The van der Waals surface area contributed by atoms with Gasteiger partial charge in [0.15, 0.2) is 28.2 Å². The van der Waals surface area contributed by atoms with E-state index in [1.807, 2.05) is 31.3 Å². The summed E-state index contributed by atoms with van der Waals surface area (Å²) in [5.41, 5.74) is 2.63. The molecular weight excluding hydrogens is 430 g/mol. The third-order valence-corrected chi connectivity index (χ3v) is 6.37. The second-order valence-electron chi connectivity index (χ2n) is 7.35. The van der Waals surface area contributed by atoms with Crippen LogP contribution in [0.4, 0.5) is 5.69 Å². The molecule has 1 amide bonds. The summed E-state index contributed by atoms with van der Waals surface area (Å²) in [5, 5.41) is 3.38. The Balaban J connectivity index is 1.31. The van der Waals surface area contributed by atoms with Gasteiger partial charge in [-0.3, -0.25) is 4.79 Å². The summed E-state index contributed by atoms with van der Waals surface area (Å²) in [6.07, 6.45) is 1.83. The number of carbonyl (C=O) groups is 1. The Morgan fingerprint density at radius 3 is 2.62 bits per heavy atom. The van der Waals surface area contributed by atoms with Crippen LogP contribution in [0.3, 0.4) is 0 Å². The number of rotatable bonds is 6. The average Bonchev–Trinajstić information content (AvgIpc) is 3.45. The Morgan fingerprint density at radius 1 is 1.06 bits per heavy atom. The van der Waals surface area contributed by atoms with Gasteiger partial charge in [0.2, 0.25) is 12.7 Å². The van der Waals surface area contributed by atoms with E-state index in [1.54, 1.807) is 18.2 Å². The molecule has 2 aromatic carbocycles. The molecule has 1 N–H and O–H groups in total. The van der Waals surface area contributed by atoms with Crippen molar-refractivity contribution in [2.75, 3.05) is 25.3 Å². The standard InChI is InChI=1S/C23H23N3O5S/c1-3-26-17(15-4-6-18-20(10-15)29-9-8-28-18)12-24-23(26)32-14(2)22(27)25-16-5-7-19-21(11-16)31-13-30-19/h4-7,10-12,14H,3,8-9,13H2,1-2H3,(H,25,27)/t14-/m1/s1. The first kappa shape index (κ1) is 20.6. The molecular formula is C23H23N3O5S. The fraction of sp³-hybridized carbons (Fsp3) is 0.304. The van der Waals surface area contributed by atoms with Crippen LogP contribution in [0.25, 0.3) is 11.3 Å². The van der Waals surface area contributed by atoms with E-state index in [0.717, 1.165) is 34.5 Å². The molecule has 32 heavy (non-hydrogen) atoms. The summed E-state index contributed by atoms with van der Waals surface area (Å²) in [7, 11) is 0. The van der Waals surface area contributed by atoms with E-state index >= 15 is 0 Å². The molecule has 1 aromatic heterocycles. The molecule has 3 aromatic rings. The largest absolute Gasteiger partial charge is 0.486 e. The smallest absolute Gasteiger partial charge is 0.237 e. The number of benzene rings is 2. The summed E-state index contributed by atoms with van der Waals surface area (Å²) in [4.78, 5) is 17.4. The third-order valence-electron chi connectivity index (χ3n) is 5.26. The molecule has 1 atom stereocenters. The minimum Gasteiger partial charge on any atom is -0.486 e. The van der Waals surface area contributed by atoms with Crippen LogP contribution in [0.2, 0.25) is 0 Å². The van der Waals surface area contributed by atoms with Gasteiger partial charge in [-0.25, -0.2) is 4.98 Å². The Bertz CT molecular complexity index is 1160. The summed E-state index contributed by atoms with van der Waals surface area (Å²) in [6, 6.07) is 11.3. The third kappa shape index (κ3) is 3.95. The Morgan fingerprint density at radius 2 is 1.78 bits per heavy atom. The highest BCUT2D eigenvalue weighted by Crippen LogP contribution is 2.37. The van der Waals surface area contributed by atoms with Crippen molar-refractivity contribution in [3.63, 3.8) is 0 Å². The van der Waals surface area contributed by atoms with Crippen LogP contribution in [-0.4, -0.2) is 40.7 Å². The van der Waals surface area contributed by atoms with Gasteiger partial charge in [-0.05, 0) is 44.2 Å². The van der Waals surface area contributed by atoms with E-state index in [9.17, 15) is 4.79 Å². The molecule has 9 heteroatoms. The van der Waals surface area contributed by atoms with E-state index in [4.69, 9.17) is 18.9 Å². The number of anilines is 1. The Kier molecular flexibility index (Phi) is 5.57. The van der Waals surface area contributed by atoms with E-state index in [0.29, 0.717) is 30.4 Å².